The molecule has 0 spiro atoms. The maximum absolute atomic E-state index is 12.2. The SMILES string of the molecule is CCNC(=O)Nc1cccc(NC(=O)c2n[nH]c(C)c2[N+](=O)[O-])c1. The van der Waals surface area contributed by atoms with Gasteiger partial charge in [-0.1, -0.05) is 6.07 Å². The predicted octanol–water partition coefficient (Wildman–Crippen LogP) is 2.02. The second kappa shape index (κ2) is 7.22. The van der Waals surface area contributed by atoms with Crippen LogP contribution in [0.25, 0.3) is 0 Å². The smallest absolute Gasteiger partial charge is 0.322 e. The monoisotopic (exact) mass is 332 g/mol. The van der Waals surface area contributed by atoms with Crippen LogP contribution in [0, 0.1) is 17.0 Å². The summed E-state index contributed by atoms with van der Waals surface area (Å²) in [4.78, 5) is 34.0. The summed E-state index contributed by atoms with van der Waals surface area (Å²) in [5.74, 6) is -0.721. The molecular formula is C14H16N6O4. The van der Waals surface area contributed by atoms with Gasteiger partial charge in [0.1, 0.15) is 5.69 Å². The number of carbonyl (C=O) groups excluding carboxylic acids is 2. The first-order chi connectivity index (χ1) is 11.4. The van der Waals surface area contributed by atoms with Crippen LogP contribution in [-0.4, -0.2) is 33.6 Å². The van der Waals surface area contributed by atoms with E-state index in [1.807, 2.05) is 0 Å². The molecule has 1 heterocycles. The molecule has 1 aromatic carbocycles. The van der Waals surface area contributed by atoms with E-state index in [4.69, 9.17) is 0 Å². The van der Waals surface area contributed by atoms with E-state index in [9.17, 15) is 19.7 Å². The highest BCUT2D eigenvalue weighted by atomic mass is 16.6. The Morgan fingerprint density at radius 2 is 1.96 bits per heavy atom. The van der Waals surface area contributed by atoms with Crippen LogP contribution in [0.1, 0.15) is 23.1 Å². The predicted molar refractivity (Wildman–Crippen MR) is 87.1 cm³/mol. The minimum atomic E-state index is -0.721. The molecule has 0 aliphatic heterocycles. The lowest BCUT2D eigenvalue weighted by Gasteiger charge is -2.08. The summed E-state index contributed by atoms with van der Waals surface area (Å²) >= 11 is 0. The number of rotatable bonds is 5. The molecule has 24 heavy (non-hydrogen) atoms. The number of hydrogen-bond acceptors (Lipinski definition) is 5. The van der Waals surface area contributed by atoms with E-state index in [-0.39, 0.29) is 23.1 Å². The number of urea groups is 1. The number of benzene rings is 1. The highest BCUT2D eigenvalue weighted by molar-refractivity contribution is 6.06. The lowest BCUT2D eigenvalue weighted by Crippen LogP contribution is -2.28. The number of nitro groups is 1. The Kier molecular flexibility index (Phi) is 5.09. The number of H-pyrrole nitrogens is 1. The van der Waals surface area contributed by atoms with Gasteiger partial charge in [-0.2, -0.15) is 5.10 Å². The maximum Gasteiger partial charge on any atom is 0.322 e. The number of aromatic amines is 1. The molecule has 0 unspecified atom stereocenters. The minimum Gasteiger partial charge on any atom is -0.338 e. The van der Waals surface area contributed by atoms with Gasteiger partial charge >= 0.3 is 11.7 Å². The van der Waals surface area contributed by atoms with E-state index in [0.717, 1.165) is 0 Å². The molecule has 126 valence electrons. The zero-order valence-corrected chi connectivity index (χ0v) is 13.0. The third-order valence-electron chi connectivity index (χ3n) is 3.03. The Morgan fingerprint density at radius 3 is 2.58 bits per heavy atom. The molecule has 0 fully saturated rings. The topological polar surface area (TPSA) is 142 Å². The summed E-state index contributed by atoms with van der Waals surface area (Å²) in [7, 11) is 0. The van der Waals surface area contributed by atoms with Crippen LogP contribution in [0.4, 0.5) is 21.9 Å². The summed E-state index contributed by atoms with van der Waals surface area (Å²) in [6.07, 6.45) is 0. The lowest BCUT2D eigenvalue weighted by atomic mass is 10.2. The number of hydrogen-bond donors (Lipinski definition) is 4. The van der Waals surface area contributed by atoms with Crippen molar-refractivity contribution in [1.29, 1.82) is 0 Å². The van der Waals surface area contributed by atoms with Gasteiger partial charge < -0.3 is 16.0 Å². The Labute approximate surface area is 136 Å². The third kappa shape index (κ3) is 3.85. The second-order valence-corrected chi connectivity index (χ2v) is 4.82. The van der Waals surface area contributed by atoms with E-state index < -0.39 is 10.8 Å². The van der Waals surface area contributed by atoms with Gasteiger partial charge in [0.25, 0.3) is 5.91 Å². The van der Waals surface area contributed by atoms with Crippen LogP contribution < -0.4 is 16.0 Å². The Balaban J connectivity index is 2.15. The molecule has 0 atom stereocenters. The molecule has 0 saturated carbocycles. The largest absolute Gasteiger partial charge is 0.338 e. The quantitative estimate of drug-likeness (QED) is 0.489. The number of aryl methyl sites for hydroxylation is 1. The average molecular weight is 332 g/mol. The van der Waals surface area contributed by atoms with Gasteiger partial charge in [-0.05, 0) is 32.0 Å². The number of nitrogens with one attached hydrogen (secondary N) is 4. The van der Waals surface area contributed by atoms with Crippen molar-refractivity contribution >= 4 is 29.0 Å². The molecule has 1 aromatic heterocycles. The fraction of sp³-hybridized carbons (Fsp3) is 0.214. The van der Waals surface area contributed by atoms with Crippen molar-refractivity contribution in [3.05, 3.63) is 45.8 Å². The highest BCUT2D eigenvalue weighted by Gasteiger charge is 2.27. The molecule has 0 saturated heterocycles. The number of nitrogens with zero attached hydrogens (tertiary/aromatic N) is 2. The van der Waals surface area contributed by atoms with E-state index in [2.05, 4.69) is 26.1 Å². The number of amides is 3. The Hall–Kier alpha value is -3.43. The normalized spacial score (nSPS) is 10.1. The first-order valence-corrected chi connectivity index (χ1v) is 7.08. The highest BCUT2D eigenvalue weighted by Crippen LogP contribution is 2.22. The molecule has 0 aliphatic carbocycles. The van der Waals surface area contributed by atoms with Crippen molar-refractivity contribution in [3.8, 4) is 0 Å². The number of aromatic nitrogens is 2. The molecule has 2 aromatic rings. The van der Waals surface area contributed by atoms with E-state index in [1.165, 1.54) is 13.0 Å². The summed E-state index contributed by atoms with van der Waals surface area (Å²) in [5.41, 5.74) is 0.344. The molecule has 10 heteroatoms. The van der Waals surface area contributed by atoms with Gasteiger partial charge in [0.05, 0.1) is 4.92 Å². The van der Waals surface area contributed by atoms with Crippen LogP contribution >= 0.6 is 0 Å². The van der Waals surface area contributed by atoms with Gasteiger partial charge in [-0.25, -0.2) is 4.79 Å². The number of anilines is 2. The maximum atomic E-state index is 12.2. The molecule has 4 N–H and O–H groups in total. The Bertz CT molecular complexity index is 785. The molecule has 3 amide bonds. The molecule has 0 bridgehead atoms. The molecule has 0 radical (unpaired) electrons. The lowest BCUT2D eigenvalue weighted by molar-refractivity contribution is -0.385. The summed E-state index contributed by atoms with van der Waals surface area (Å²) in [5, 5.41) is 24.8. The van der Waals surface area contributed by atoms with Crippen molar-refractivity contribution in [2.24, 2.45) is 0 Å². The minimum absolute atomic E-state index is 0.191. The summed E-state index contributed by atoms with van der Waals surface area (Å²) in [6.45, 7) is 3.72. The van der Waals surface area contributed by atoms with Gasteiger partial charge in [-0.3, -0.25) is 20.0 Å². The average Bonchev–Trinajstić information content (AvgIpc) is 2.89. The molecule has 10 nitrogen and oxygen atoms in total. The molecule has 2 rings (SSSR count). The van der Waals surface area contributed by atoms with E-state index >= 15 is 0 Å². The van der Waals surface area contributed by atoms with Crippen LogP contribution in [0.3, 0.4) is 0 Å². The van der Waals surface area contributed by atoms with Gasteiger partial charge in [0.2, 0.25) is 5.69 Å². The van der Waals surface area contributed by atoms with Crippen LogP contribution in [-0.2, 0) is 0 Å². The summed E-state index contributed by atoms with van der Waals surface area (Å²) in [6, 6.07) is 6.01. The van der Waals surface area contributed by atoms with Crippen molar-refractivity contribution < 1.29 is 14.5 Å². The van der Waals surface area contributed by atoms with E-state index in [0.29, 0.717) is 17.9 Å². The van der Waals surface area contributed by atoms with Crippen LogP contribution in [0.2, 0.25) is 0 Å². The fourth-order valence-electron chi connectivity index (χ4n) is 2.01. The fourth-order valence-corrected chi connectivity index (χ4v) is 2.01. The standard InChI is InChI=1S/C14H16N6O4/c1-3-15-14(22)17-10-6-4-5-9(7-10)16-13(21)11-12(20(23)24)8(2)18-19-11/h4-7H,3H2,1-2H3,(H,16,21)(H,18,19)(H2,15,17,22). The zero-order valence-electron chi connectivity index (χ0n) is 13.0. The van der Waals surface area contributed by atoms with Crippen LogP contribution in [0.15, 0.2) is 24.3 Å². The zero-order chi connectivity index (χ0) is 17.7. The van der Waals surface area contributed by atoms with Crippen molar-refractivity contribution in [3.63, 3.8) is 0 Å². The van der Waals surface area contributed by atoms with Crippen molar-refractivity contribution in [2.75, 3.05) is 17.2 Å². The van der Waals surface area contributed by atoms with Crippen LogP contribution in [0.5, 0.6) is 0 Å². The van der Waals surface area contributed by atoms with Crippen molar-refractivity contribution in [1.82, 2.24) is 15.5 Å². The molecular weight excluding hydrogens is 316 g/mol. The molecule has 0 aliphatic rings. The number of carbonyl (C=O) groups is 2. The first-order valence-electron chi connectivity index (χ1n) is 7.08. The second-order valence-electron chi connectivity index (χ2n) is 4.82. The summed E-state index contributed by atoms with van der Waals surface area (Å²) < 4.78 is 0. The van der Waals surface area contributed by atoms with Gasteiger partial charge in [0, 0.05) is 17.9 Å². The van der Waals surface area contributed by atoms with Crippen molar-refractivity contribution in [2.45, 2.75) is 13.8 Å². The van der Waals surface area contributed by atoms with E-state index in [1.54, 1.807) is 25.1 Å². The Morgan fingerprint density at radius 1 is 1.29 bits per heavy atom. The van der Waals surface area contributed by atoms with Gasteiger partial charge in [-0.15, -0.1) is 0 Å². The first kappa shape index (κ1) is 16.9. The van der Waals surface area contributed by atoms with Gasteiger partial charge in [0.15, 0.2) is 0 Å². The third-order valence-corrected chi connectivity index (χ3v) is 3.03.